The number of benzene rings is 1. The zero-order valence-electron chi connectivity index (χ0n) is 12.5. The van der Waals surface area contributed by atoms with E-state index in [0.29, 0.717) is 22.8 Å². The second-order valence-corrected chi connectivity index (χ2v) is 8.62. The average Bonchev–Trinajstić information content (AvgIpc) is 2.96. The van der Waals surface area contributed by atoms with Gasteiger partial charge in [-0.2, -0.15) is 0 Å². The largest absolute Gasteiger partial charge is 0.324 e. The van der Waals surface area contributed by atoms with E-state index >= 15 is 0 Å². The highest BCUT2D eigenvalue weighted by atomic mass is 32.2. The van der Waals surface area contributed by atoms with Crippen LogP contribution in [0.15, 0.2) is 29.2 Å². The third-order valence-corrected chi connectivity index (χ3v) is 6.60. The molecule has 22 heavy (non-hydrogen) atoms. The van der Waals surface area contributed by atoms with Crippen molar-refractivity contribution >= 4 is 40.1 Å². The molecule has 2 saturated heterocycles. The Hall–Kier alpha value is -1.34. The van der Waals surface area contributed by atoms with Crippen LogP contribution in [0.2, 0.25) is 0 Å². The van der Waals surface area contributed by atoms with Gasteiger partial charge in [-0.3, -0.25) is 13.8 Å². The van der Waals surface area contributed by atoms with Gasteiger partial charge in [0.2, 0.25) is 11.8 Å². The van der Waals surface area contributed by atoms with Crippen LogP contribution >= 0.6 is 11.8 Å². The van der Waals surface area contributed by atoms with Gasteiger partial charge in [-0.15, -0.1) is 11.8 Å². The number of nitrogens with one attached hydrogen (secondary N) is 1. The first-order valence-electron chi connectivity index (χ1n) is 7.11. The van der Waals surface area contributed by atoms with Gasteiger partial charge in [0.05, 0.1) is 4.87 Å². The van der Waals surface area contributed by atoms with Crippen LogP contribution in [-0.4, -0.2) is 43.8 Å². The van der Waals surface area contributed by atoms with E-state index in [4.69, 9.17) is 0 Å². The lowest BCUT2D eigenvalue weighted by atomic mass is 10.2. The van der Waals surface area contributed by atoms with Gasteiger partial charge in [0.1, 0.15) is 6.04 Å². The van der Waals surface area contributed by atoms with Crippen LogP contribution in [0.1, 0.15) is 19.8 Å². The second kappa shape index (κ2) is 5.70. The fourth-order valence-electron chi connectivity index (χ4n) is 2.99. The van der Waals surface area contributed by atoms with Crippen molar-refractivity contribution in [3.8, 4) is 0 Å². The van der Waals surface area contributed by atoms with E-state index in [1.165, 1.54) is 0 Å². The third-order valence-electron chi connectivity index (χ3n) is 4.18. The van der Waals surface area contributed by atoms with Crippen molar-refractivity contribution in [2.75, 3.05) is 17.3 Å². The Labute approximate surface area is 136 Å². The minimum absolute atomic E-state index is 0.0519. The molecule has 3 atom stereocenters. The smallest absolute Gasteiger partial charge is 0.248 e. The summed E-state index contributed by atoms with van der Waals surface area (Å²) in [5.74, 6) is 0.495. The molecule has 5 nitrogen and oxygen atoms in total. The molecule has 0 saturated carbocycles. The van der Waals surface area contributed by atoms with Crippen molar-refractivity contribution in [2.24, 2.45) is 0 Å². The molecule has 7 heteroatoms. The van der Waals surface area contributed by atoms with E-state index in [2.05, 4.69) is 5.32 Å². The quantitative estimate of drug-likeness (QED) is 0.913. The summed E-state index contributed by atoms with van der Waals surface area (Å²) in [6, 6.07) is 6.57. The molecule has 0 aromatic heterocycles. The van der Waals surface area contributed by atoms with Crippen molar-refractivity contribution in [1.82, 2.24) is 4.90 Å². The average molecular weight is 338 g/mol. The molecule has 2 fully saturated rings. The van der Waals surface area contributed by atoms with E-state index in [1.54, 1.807) is 47.2 Å². The maximum atomic E-state index is 12.5. The minimum atomic E-state index is -1.09. The Balaban J connectivity index is 1.77. The van der Waals surface area contributed by atoms with Crippen molar-refractivity contribution in [1.29, 1.82) is 0 Å². The highest BCUT2D eigenvalue weighted by Gasteiger charge is 2.52. The first-order chi connectivity index (χ1) is 10.4. The minimum Gasteiger partial charge on any atom is -0.324 e. The number of hydrogen-bond acceptors (Lipinski definition) is 4. The topological polar surface area (TPSA) is 66.5 Å². The predicted molar refractivity (Wildman–Crippen MR) is 88.1 cm³/mol. The van der Waals surface area contributed by atoms with E-state index in [9.17, 15) is 13.8 Å². The Bertz CT molecular complexity index is 664. The zero-order valence-corrected chi connectivity index (χ0v) is 14.1. The van der Waals surface area contributed by atoms with Crippen molar-refractivity contribution in [3.63, 3.8) is 0 Å². The second-order valence-electron chi connectivity index (χ2n) is 5.74. The molecule has 0 radical (unpaired) electrons. The number of thioether (sulfide) groups is 1. The molecule has 0 spiro atoms. The van der Waals surface area contributed by atoms with E-state index in [1.807, 2.05) is 6.92 Å². The molecule has 1 aromatic carbocycles. The van der Waals surface area contributed by atoms with Crippen molar-refractivity contribution in [2.45, 2.75) is 35.6 Å². The van der Waals surface area contributed by atoms with Gasteiger partial charge in [-0.1, -0.05) is 6.07 Å². The maximum absolute atomic E-state index is 12.5. The molecule has 2 heterocycles. The molecule has 2 amide bonds. The molecule has 3 rings (SSSR count). The lowest BCUT2D eigenvalue weighted by molar-refractivity contribution is -0.135. The standard InChI is InChI=1S/C15H18N2O3S2/c1-15-7-6-13(18)17(15)12(9-21-15)14(19)16-10-4-3-5-11(8-10)22(2)20/h3-5,8,12H,6-7,9H2,1-2H3,(H,16,19). The van der Waals surface area contributed by atoms with E-state index in [0.717, 1.165) is 6.42 Å². The number of hydrogen-bond donors (Lipinski definition) is 1. The Morgan fingerprint density at radius 1 is 1.50 bits per heavy atom. The summed E-state index contributed by atoms with van der Waals surface area (Å²) in [6.45, 7) is 2.02. The van der Waals surface area contributed by atoms with Crippen LogP contribution in [0, 0.1) is 0 Å². The lowest BCUT2D eigenvalue weighted by Crippen LogP contribution is -2.48. The molecule has 0 bridgehead atoms. The summed E-state index contributed by atoms with van der Waals surface area (Å²) in [4.78, 5) is 26.8. The first kappa shape index (κ1) is 15.6. The summed E-state index contributed by atoms with van der Waals surface area (Å²) in [7, 11) is -1.09. The van der Waals surface area contributed by atoms with Crippen LogP contribution < -0.4 is 5.32 Å². The molecule has 1 N–H and O–H groups in total. The highest BCUT2D eigenvalue weighted by molar-refractivity contribution is 8.01. The van der Waals surface area contributed by atoms with Gasteiger partial charge in [0.25, 0.3) is 0 Å². The zero-order chi connectivity index (χ0) is 15.9. The van der Waals surface area contributed by atoms with Crippen LogP contribution in [0.4, 0.5) is 5.69 Å². The van der Waals surface area contributed by atoms with Gasteiger partial charge in [-0.05, 0) is 31.5 Å². The summed E-state index contributed by atoms with van der Waals surface area (Å²) >= 11 is 1.67. The molecule has 0 aliphatic carbocycles. The Morgan fingerprint density at radius 2 is 2.27 bits per heavy atom. The van der Waals surface area contributed by atoms with Gasteiger partial charge >= 0.3 is 0 Å². The number of nitrogens with zero attached hydrogens (tertiary/aromatic N) is 1. The number of anilines is 1. The molecular weight excluding hydrogens is 320 g/mol. The summed E-state index contributed by atoms with van der Waals surface area (Å²) in [5.41, 5.74) is 0.614. The fourth-order valence-corrected chi connectivity index (χ4v) is 4.99. The van der Waals surface area contributed by atoms with Crippen LogP contribution in [0.25, 0.3) is 0 Å². The SMILES string of the molecule is CS(=O)c1cccc(NC(=O)C2CSC3(C)CCC(=O)N23)c1. The first-order valence-corrected chi connectivity index (χ1v) is 9.65. The molecule has 2 aliphatic heterocycles. The predicted octanol–water partition coefficient (Wildman–Crippen LogP) is 1.82. The lowest BCUT2D eigenvalue weighted by Gasteiger charge is -2.29. The Morgan fingerprint density at radius 3 is 3.00 bits per heavy atom. The Kier molecular flexibility index (Phi) is 4.03. The highest BCUT2D eigenvalue weighted by Crippen LogP contribution is 2.47. The fraction of sp³-hybridized carbons (Fsp3) is 0.467. The number of carbonyl (C=O) groups excluding carboxylic acids is 2. The van der Waals surface area contributed by atoms with Crippen LogP contribution in [0.5, 0.6) is 0 Å². The monoisotopic (exact) mass is 338 g/mol. The van der Waals surface area contributed by atoms with Gasteiger partial charge < -0.3 is 10.2 Å². The number of fused-ring (bicyclic) bond motifs is 1. The number of rotatable bonds is 3. The molecule has 118 valence electrons. The van der Waals surface area contributed by atoms with Gasteiger partial charge in [0, 0.05) is 39.8 Å². The number of carbonyl (C=O) groups is 2. The summed E-state index contributed by atoms with van der Waals surface area (Å²) in [6.07, 6.45) is 2.91. The van der Waals surface area contributed by atoms with E-state index in [-0.39, 0.29) is 16.7 Å². The van der Waals surface area contributed by atoms with Crippen LogP contribution in [0.3, 0.4) is 0 Å². The van der Waals surface area contributed by atoms with Gasteiger partial charge in [0.15, 0.2) is 0 Å². The molecular formula is C15H18N2O3S2. The molecule has 2 aliphatic rings. The normalized spacial score (nSPS) is 28.5. The number of amides is 2. The molecule has 1 aromatic rings. The van der Waals surface area contributed by atoms with Crippen LogP contribution in [-0.2, 0) is 20.4 Å². The maximum Gasteiger partial charge on any atom is 0.248 e. The third kappa shape index (κ3) is 2.67. The van der Waals surface area contributed by atoms with Gasteiger partial charge in [-0.25, -0.2) is 0 Å². The molecule has 3 unspecified atom stereocenters. The van der Waals surface area contributed by atoms with Crippen molar-refractivity contribution < 1.29 is 13.8 Å². The van der Waals surface area contributed by atoms with Crippen molar-refractivity contribution in [3.05, 3.63) is 24.3 Å². The summed E-state index contributed by atoms with van der Waals surface area (Å²) in [5, 5.41) is 2.85. The summed E-state index contributed by atoms with van der Waals surface area (Å²) < 4.78 is 11.5. The van der Waals surface area contributed by atoms with E-state index < -0.39 is 16.8 Å².